The van der Waals surface area contributed by atoms with Gasteiger partial charge in [-0.3, -0.25) is 9.69 Å². The number of rotatable bonds is 6. The molecule has 0 aliphatic rings. The highest BCUT2D eigenvalue weighted by Crippen LogP contribution is 2.21. The molecule has 0 amide bonds. The highest BCUT2D eigenvalue weighted by atomic mass is 19.1. The molecule has 0 saturated carbocycles. The van der Waals surface area contributed by atoms with Gasteiger partial charge in [0, 0.05) is 22.6 Å². The second-order valence-corrected chi connectivity index (χ2v) is 5.76. The largest absolute Gasteiger partial charge is 0.318 e. The summed E-state index contributed by atoms with van der Waals surface area (Å²) < 4.78 is 15.1. The van der Waals surface area contributed by atoms with Crippen molar-refractivity contribution in [2.75, 3.05) is 20.1 Å². The molecule has 4 heteroatoms. The van der Waals surface area contributed by atoms with Crippen LogP contribution in [0.5, 0.6) is 0 Å². The molecule has 1 aromatic carbocycles. The second-order valence-electron chi connectivity index (χ2n) is 5.76. The van der Waals surface area contributed by atoms with Crippen LogP contribution in [0.25, 0.3) is 5.69 Å². The minimum atomic E-state index is -0.260. The van der Waals surface area contributed by atoms with E-state index >= 15 is 0 Å². The molecular weight excluding hydrogens is 279 g/mol. The lowest BCUT2D eigenvalue weighted by molar-refractivity contribution is 0.0946. The maximum atomic E-state index is 13.1. The van der Waals surface area contributed by atoms with Gasteiger partial charge in [0.05, 0.1) is 6.54 Å². The van der Waals surface area contributed by atoms with Crippen molar-refractivity contribution in [3.8, 4) is 5.69 Å². The third-order valence-corrected chi connectivity index (χ3v) is 3.84. The van der Waals surface area contributed by atoms with Crippen LogP contribution in [0.4, 0.5) is 4.39 Å². The summed E-state index contributed by atoms with van der Waals surface area (Å²) in [6.45, 7) is 7.32. The molecule has 0 unspecified atom stereocenters. The number of Topliss-reactive ketones (excluding diaryl/α,β-unsaturated/α-hetero) is 1. The number of hydrogen-bond acceptors (Lipinski definition) is 2. The van der Waals surface area contributed by atoms with Crippen molar-refractivity contribution in [1.82, 2.24) is 9.47 Å². The van der Waals surface area contributed by atoms with Gasteiger partial charge in [-0.25, -0.2) is 4.39 Å². The molecule has 2 rings (SSSR count). The number of benzene rings is 1. The lowest BCUT2D eigenvalue weighted by Gasteiger charge is -2.14. The van der Waals surface area contributed by atoms with Crippen molar-refractivity contribution < 1.29 is 9.18 Å². The topological polar surface area (TPSA) is 25.2 Å². The summed E-state index contributed by atoms with van der Waals surface area (Å²) in [6, 6.07) is 8.25. The van der Waals surface area contributed by atoms with E-state index in [2.05, 4.69) is 6.92 Å². The van der Waals surface area contributed by atoms with E-state index < -0.39 is 0 Å². The molecule has 1 heterocycles. The van der Waals surface area contributed by atoms with Crippen molar-refractivity contribution >= 4 is 5.78 Å². The predicted molar refractivity (Wildman–Crippen MR) is 87.3 cm³/mol. The van der Waals surface area contributed by atoms with Crippen LogP contribution in [0.2, 0.25) is 0 Å². The Morgan fingerprint density at radius 1 is 1.23 bits per heavy atom. The zero-order valence-electron chi connectivity index (χ0n) is 13.7. The van der Waals surface area contributed by atoms with Crippen LogP contribution < -0.4 is 0 Å². The zero-order chi connectivity index (χ0) is 16.3. The van der Waals surface area contributed by atoms with Gasteiger partial charge in [-0.2, -0.15) is 0 Å². The predicted octanol–water partition coefficient (Wildman–Crippen LogP) is 3.76. The van der Waals surface area contributed by atoms with E-state index in [0.717, 1.165) is 35.6 Å². The number of aryl methyl sites for hydroxylation is 1. The molecule has 0 aliphatic heterocycles. The maximum Gasteiger partial charge on any atom is 0.178 e. The van der Waals surface area contributed by atoms with Crippen LogP contribution in [0, 0.1) is 19.7 Å². The van der Waals surface area contributed by atoms with Crippen LogP contribution in [0.1, 0.15) is 35.1 Å². The summed E-state index contributed by atoms with van der Waals surface area (Å²) >= 11 is 0. The lowest BCUT2D eigenvalue weighted by atomic mass is 10.1. The van der Waals surface area contributed by atoms with Crippen LogP contribution in [0.15, 0.2) is 30.3 Å². The van der Waals surface area contributed by atoms with Gasteiger partial charge in [-0.1, -0.05) is 6.92 Å². The molecule has 0 aliphatic carbocycles. The van der Waals surface area contributed by atoms with Crippen molar-refractivity contribution in [2.45, 2.75) is 27.2 Å². The molecule has 0 atom stereocenters. The first-order chi connectivity index (χ1) is 10.4. The van der Waals surface area contributed by atoms with Crippen molar-refractivity contribution in [1.29, 1.82) is 0 Å². The van der Waals surface area contributed by atoms with Gasteiger partial charge in [-0.15, -0.1) is 0 Å². The number of nitrogens with zero attached hydrogens (tertiary/aromatic N) is 2. The summed E-state index contributed by atoms with van der Waals surface area (Å²) in [5.74, 6) is -0.138. The number of carbonyl (C=O) groups excluding carboxylic acids is 1. The van der Waals surface area contributed by atoms with Gasteiger partial charge in [0.2, 0.25) is 0 Å². The number of likely N-dealkylation sites (N-methyl/N-ethyl adjacent to an activating group) is 1. The first kappa shape index (κ1) is 16.4. The second kappa shape index (κ2) is 6.88. The molecule has 118 valence electrons. The molecule has 2 aromatic rings. The minimum Gasteiger partial charge on any atom is -0.318 e. The quantitative estimate of drug-likeness (QED) is 0.759. The van der Waals surface area contributed by atoms with Gasteiger partial charge in [0.15, 0.2) is 5.78 Å². The molecular formula is C18H23FN2O. The zero-order valence-corrected chi connectivity index (χ0v) is 13.7. The number of ketones is 1. The highest BCUT2D eigenvalue weighted by molar-refractivity contribution is 5.99. The Labute approximate surface area is 131 Å². The Morgan fingerprint density at radius 2 is 1.86 bits per heavy atom. The van der Waals surface area contributed by atoms with E-state index in [0.29, 0.717) is 6.54 Å². The summed E-state index contributed by atoms with van der Waals surface area (Å²) in [7, 11) is 1.96. The first-order valence-electron chi connectivity index (χ1n) is 7.60. The fourth-order valence-electron chi connectivity index (χ4n) is 2.82. The average Bonchev–Trinajstić information content (AvgIpc) is 2.75. The minimum absolute atomic E-state index is 0.123. The lowest BCUT2D eigenvalue weighted by Crippen LogP contribution is -2.26. The Kier molecular flexibility index (Phi) is 5.14. The summed E-state index contributed by atoms with van der Waals surface area (Å²) in [4.78, 5) is 14.5. The van der Waals surface area contributed by atoms with E-state index in [1.807, 2.05) is 36.4 Å². The Morgan fingerprint density at radius 3 is 2.45 bits per heavy atom. The molecule has 0 saturated heterocycles. The maximum absolute atomic E-state index is 13.1. The first-order valence-corrected chi connectivity index (χ1v) is 7.60. The summed E-state index contributed by atoms with van der Waals surface area (Å²) in [5, 5.41) is 0. The molecule has 0 fully saturated rings. The third kappa shape index (κ3) is 3.45. The van der Waals surface area contributed by atoms with Crippen LogP contribution in [-0.2, 0) is 0 Å². The molecule has 0 bridgehead atoms. The average molecular weight is 302 g/mol. The van der Waals surface area contributed by atoms with Crippen LogP contribution in [-0.4, -0.2) is 35.4 Å². The number of halogens is 1. The van der Waals surface area contributed by atoms with Crippen LogP contribution in [0.3, 0.4) is 0 Å². The van der Waals surface area contributed by atoms with Gasteiger partial charge < -0.3 is 4.57 Å². The number of aromatic nitrogens is 1. The van der Waals surface area contributed by atoms with E-state index in [9.17, 15) is 9.18 Å². The van der Waals surface area contributed by atoms with E-state index in [4.69, 9.17) is 0 Å². The van der Waals surface area contributed by atoms with E-state index in [1.165, 1.54) is 12.1 Å². The van der Waals surface area contributed by atoms with Gasteiger partial charge in [-0.05, 0) is 64.2 Å². The number of hydrogen-bond donors (Lipinski definition) is 0. The molecule has 22 heavy (non-hydrogen) atoms. The molecule has 3 nitrogen and oxygen atoms in total. The summed E-state index contributed by atoms with van der Waals surface area (Å²) in [5.41, 5.74) is 3.49. The van der Waals surface area contributed by atoms with E-state index in [1.54, 1.807) is 12.1 Å². The SMILES string of the molecule is CCCN(C)CC(=O)c1cc(C)n(-c2ccc(F)cc2)c1C. The van der Waals surface area contributed by atoms with Gasteiger partial charge in [0.1, 0.15) is 5.82 Å². The smallest absolute Gasteiger partial charge is 0.178 e. The Balaban J connectivity index is 2.31. The fraction of sp³-hybridized carbons (Fsp3) is 0.389. The van der Waals surface area contributed by atoms with Crippen molar-refractivity contribution in [3.63, 3.8) is 0 Å². The van der Waals surface area contributed by atoms with Crippen LogP contribution >= 0.6 is 0 Å². The number of carbonyl (C=O) groups is 1. The Hall–Kier alpha value is -1.94. The highest BCUT2D eigenvalue weighted by Gasteiger charge is 2.17. The van der Waals surface area contributed by atoms with Crippen molar-refractivity contribution in [2.24, 2.45) is 0 Å². The molecule has 0 radical (unpaired) electrons. The molecule has 0 spiro atoms. The third-order valence-electron chi connectivity index (χ3n) is 3.84. The standard InChI is InChI=1S/C18H23FN2O/c1-5-10-20(4)12-18(22)17-11-13(2)21(14(17)3)16-8-6-15(19)7-9-16/h6-9,11H,5,10,12H2,1-4H3. The van der Waals surface area contributed by atoms with E-state index in [-0.39, 0.29) is 11.6 Å². The summed E-state index contributed by atoms with van der Waals surface area (Å²) in [6.07, 6.45) is 1.03. The van der Waals surface area contributed by atoms with Gasteiger partial charge in [0.25, 0.3) is 0 Å². The normalized spacial score (nSPS) is 11.2. The van der Waals surface area contributed by atoms with Crippen molar-refractivity contribution in [3.05, 3.63) is 53.1 Å². The molecule has 0 N–H and O–H groups in total. The molecule has 1 aromatic heterocycles. The monoisotopic (exact) mass is 302 g/mol. The fourth-order valence-corrected chi connectivity index (χ4v) is 2.82. The van der Waals surface area contributed by atoms with Gasteiger partial charge >= 0.3 is 0 Å². The Bertz CT molecular complexity index is 658.